The second-order valence-electron chi connectivity index (χ2n) is 3.42. The molecule has 5 nitrogen and oxygen atoms in total. The molecule has 0 aromatic rings. The first-order valence-corrected chi connectivity index (χ1v) is 5.35. The van der Waals surface area contributed by atoms with Crippen LogP contribution in [0.2, 0.25) is 0 Å². The number of ether oxygens (including phenoxy) is 4. The Bertz CT molecular complexity index is 128. The van der Waals surface area contributed by atoms with Crippen LogP contribution in [-0.2, 0) is 18.9 Å². The third kappa shape index (κ3) is 6.81. The van der Waals surface area contributed by atoms with Crippen LogP contribution >= 0.6 is 0 Å². The van der Waals surface area contributed by atoms with Crippen LogP contribution in [-0.4, -0.2) is 64.6 Å². The van der Waals surface area contributed by atoms with Crippen molar-refractivity contribution in [1.82, 2.24) is 0 Å². The van der Waals surface area contributed by atoms with E-state index >= 15 is 0 Å². The summed E-state index contributed by atoms with van der Waals surface area (Å²) in [5.41, 5.74) is 0. The monoisotopic (exact) mass is 220 g/mol. The van der Waals surface area contributed by atoms with Crippen molar-refractivity contribution in [1.29, 1.82) is 0 Å². The summed E-state index contributed by atoms with van der Waals surface area (Å²) in [6.45, 7) is 4.54. The van der Waals surface area contributed by atoms with Crippen LogP contribution in [0.1, 0.15) is 0 Å². The highest BCUT2D eigenvalue weighted by Crippen LogP contribution is 1.98. The summed E-state index contributed by atoms with van der Waals surface area (Å²) in [5.74, 6) is 0.0470. The van der Waals surface area contributed by atoms with Gasteiger partial charge in [0.15, 0.2) is 0 Å². The molecule has 0 amide bonds. The summed E-state index contributed by atoms with van der Waals surface area (Å²) in [5, 5.41) is 9.03. The fourth-order valence-electron chi connectivity index (χ4n) is 1.21. The molecule has 0 saturated carbocycles. The van der Waals surface area contributed by atoms with Crippen LogP contribution in [0.25, 0.3) is 0 Å². The molecular formula is C10H20O5. The second kappa shape index (κ2) is 9.06. The summed E-state index contributed by atoms with van der Waals surface area (Å²) < 4.78 is 21.2. The average molecular weight is 220 g/mol. The molecule has 1 aliphatic rings. The lowest BCUT2D eigenvalue weighted by atomic mass is 10.2. The molecule has 1 rings (SSSR count). The highest BCUT2D eigenvalue weighted by Gasteiger charge is 2.08. The zero-order valence-electron chi connectivity index (χ0n) is 9.02. The number of hydrogen-bond donors (Lipinski definition) is 1. The van der Waals surface area contributed by atoms with Crippen LogP contribution in [0.3, 0.4) is 0 Å². The van der Waals surface area contributed by atoms with Crippen molar-refractivity contribution < 1.29 is 24.1 Å². The van der Waals surface area contributed by atoms with Gasteiger partial charge in [0.2, 0.25) is 0 Å². The van der Waals surface area contributed by atoms with Crippen molar-refractivity contribution in [3.8, 4) is 0 Å². The molecule has 1 N–H and O–H groups in total. The fourth-order valence-corrected chi connectivity index (χ4v) is 1.21. The summed E-state index contributed by atoms with van der Waals surface area (Å²) in [6, 6.07) is 0. The minimum Gasteiger partial charge on any atom is -0.396 e. The van der Waals surface area contributed by atoms with E-state index in [4.69, 9.17) is 24.1 Å². The molecule has 0 aliphatic carbocycles. The Balaban J connectivity index is 2.17. The summed E-state index contributed by atoms with van der Waals surface area (Å²) in [4.78, 5) is 0. The highest BCUT2D eigenvalue weighted by atomic mass is 16.6. The van der Waals surface area contributed by atoms with E-state index in [1.165, 1.54) is 0 Å². The van der Waals surface area contributed by atoms with E-state index in [1.807, 2.05) is 0 Å². The first-order chi connectivity index (χ1) is 7.43. The molecule has 1 aliphatic heterocycles. The van der Waals surface area contributed by atoms with Gasteiger partial charge >= 0.3 is 0 Å². The largest absolute Gasteiger partial charge is 0.396 e. The van der Waals surface area contributed by atoms with E-state index < -0.39 is 0 Å². The van der Waals surface area contributed by atoms with Gasteiger partial charge < -0.3 is 24.1 Å². The van der Waals surface area contributed by atoms with E-state index in [1.54, 1.807) is 0 Å². The molecule has 0 atom stereocenters. The van der Waals surface area contributed by atoms with Crippen molar-refractivity contribution in [2.24, 2.45) is 5.92 Å². The molecule has 1 fully saturated rings. The summed E-state index contributed by atoms with van der Waals surface area (Å²) in [7, 11) is 0. The maximum Gasteiger partial charge on any atom is 0.0701 e. The summed E-state index contributed by atoms with van der Waals surface area (Å²) in [6.07, 6.45) is 0. The molecule has 0 aromatic heterocycles. The Morgan fingerprint density at radius 3 is 1.53 bits per heavy atom. The van der Waals surface area contributed by atoms with Gasteiger partial charge in [0.25, 0.3) is 0 Å². The van der Waals surface area contributed by atoms with Crippen LogP contribution in [0, 0.1) is 5.92 Å². The van der Waals surface area contributed by atoms with Gasteiger partial charge in [-0.2, -0.15) is 0 Å². The van der Waals surface area contributed by atoms with E-state index in [-0.39, 0.29) is 12.5 Å². The summed E-state index contributed by atoms with van der Waals surface area (Å²) >= 11 is 0. The maximum absolute atomic E-state index is 9.03. The van der Waals surface area contributed by atoms with E-state index in [0.29, 0.717) is 52.9 Å². The maximum atomic E-state index is 9.03. The normalized spacial score (nSPS) is 23.8. The zero-order chi connectivity index (χ0) is 10.8. The average Bonchev–Trinajstić information content (AvgIpc) is 2.29. The van der Waals surface area contributed by atoms with Crippen LogP contribution in [0.15, 0.2) is 0 Å². The van der Waals surface area contributed by atoms with Gasteiger partial charge in [-0.15, -0.1) is 0 Å². The zero-order valence-corrected chi connectivity index (χ0v) is 9.02. The second-order valence-corrected chi connectivity index (χ2v) is 3.42. The first kappa shape index (κ1) is 12.9. The van der Waals surface area contributed by atoms with Crippen molar-refractivity contribution >= 4 is 0 Å². The minimum absolute atomic E-state index is 0.0470. The molecule has 0 spiro atoms. The van der Waals surface area contributed by atoms with Crippen LogP contribution in [0.5, 0.6) is 0 Å². The molecule has 0 radical (unpaired) electrons. The Morgan fingerprint density at radius 1 is 0.733 bits per heavy atom. The van der Waals surface area contributed by atoms with Gasteiger partial charge in [0, 0.05) is 5.92 Å². The number of aliphatic hydroxyl groups excluding tert-OH is 1. The van der Waals surface area contributed by atoms with E-state index in [2.05, 4.69) is 0 Å². The SMILES string of the molecule is OCC1COCCOCCOCCOC1. The standard InChI is InChI=1S/C10H20O5/c11-7-10-8-14-5-3-12-1-2-13-4-6-15-9-10/h10-11H,1-9H2. The molecule has 0 aromatic carbocycles. The Kier molecular flexibility index (Phi) is 7.77. The van der Waals surface area contributed by atoms with E-state index in [0.717, 1.165) is 0 Å². The van der Waals surface area contributed by atoms with Gasteiger partial charge in [-0.05, 0) is 0 Å². The lowest BCUT2D eigenvalue weighted by Gasteiger charge is -2.14. The molecule has 1 heterocycles. The number of rotatable bonds is 1. The Labute approximate surface area is 90.3 Å². The van der Waals surface area contributed by atoms with Gasteiger partial charge in [0.05, 0.1) is 59.5 Å². The molecular weight excluding hydrogens is 200 g/mol. The molecule has 0 bridgehead atoms. The van der Waals surface area contributed by atoms with Gasteiger partial charge in [0.1, 0.15) is 0 Å². The van der Waals surface area contributed by atoms with Crippen molar-refractivity contribution in [3.05, 3.63) is 0 Å². The van der Waals surface area contributed by atoms with Gasteiger partial charge in [-0.1, -0.05) is 0 Å². The van der Waals surface area contributed by atoms with Gasteiger partial charge in [-0.3, -0.25) is 0 Å². The third-order valence-electron chi connectivity index (χ3n) is 2.08. The molecule has 1 saturated heterocycles. The van der Waals surface area contributed by atoms with Crippen LogP contribution < -0.4 is 0 Å². The molecule has 5 heteroatoms. The smallest absolute Gasteiger partial charge is 0.0701 e. The van der Waals surface area contributed by atoms with Crippen molar-refractivity contribution in [3.63, 3.8) is 0 Å². The van der Waals surface area contributed by atoms with Crippen molar-refractivity contribution in [2.75, 3.05) is 59.5 Å². The third-order valence-corrected chi connectivity index (χ3v) is 2.08. The van der Waals surface area contributed by atoms with Gasteiger partial charge in [-0.25, -0.2) is 0 Å². The van der Waals surface area contributed by atoms with Crippen LogP contribution in [0.4, 0.5) is 0 Å². The molecule has 90 valence electrons. The number of aliphatic hydroxyl groups is 1. The molecule has 15 heavy (non-hydrogen) atoms. The Morgan fingerprint density at radius 2 is 1.13 bits per heavy atom. The lowest BCUT2D eigenvalue weighted by molar-refractivity contribution is -0.000898. The predicted octanol–water partition coefficient (Wildman–Crippen LogP) is -0.325. The first-order valence-electron chi connectivity index (χ1n) is 5.35. The quantitative estimate of drug-likeness (QED) is 0.656. The highest BCUT2D eigenvalue weighted by molar-refractivity contribution is 4.55. The lowest BCUT2D eigenvalue weighted by Crippen LogP contribution is -2.21. The predicted molar refractivity (Wildman–Crippen MR) is 53.9 cm³/mol. The topological polar surface area (TPSA) is 57.2 Å². The van der Waals surface area contributed by atoms with E-state index in [9.17, 15) is 0 Å². The number of hydrogen-bond acceptors (Lipinski definition) is 5. The van der Waals surface area contributed by atoms with Crippen molar-refractivity contribution in [2.45, 2.75) is 0 Å². The molecule has 0 unspecified atom stereocenters. The Hall–Kier alpha value is -0.200. The fraction of sp³-hybridized carbons (Fsp3) is 1.00. The minimum atomic E-state index is 0.0470.